The molecule has 0 aliphatic carbocycles. The number of nitrogens with zero attached hydrogens (tertiary/aromatic N) is 3. The summed E-state index contributed by atoms with van der Waals surface area (Å²) in [6.45, 7) is 2.82. The third-order valence-electron chi connectivity index (χ3n) is 9.87. The number of carbonyl (C=O) groups excluding carboxylic acids is 1. The van der Waals surface area contributed by atoms with Crippen LogP contribution in [0.3, 0.4) is 0 Å². The molecule has 1 aliphatic heterocycles. The van der Waals surface area contributed by atoms with E-state index in [0.29, 0.717) is 38.2 Å². The van der Waals surface area contributed by atoms with Gasteiger partial charge in [0.05, 0.1) is 34.5 Å². The van der Waals surface area contributed by atoms with Gasteiger partial charge in [-0.15, -0.1) is 0 Å². The van der Waals surface area contributed by atoms with E-state index >= 15 is 0 Å². The molecule has 12 nitrogen and oxygen atoms in total. The number of hydrogen-bond donors (Lipinski definition) is 4. The number of nitriles is 1. The fourth-order valence-electron chi connectivity index (χ4n) is 6.96. The van der Waals surface area contributed by atoms with Gasteiger partial charge in [-0.05, 0) is 109 Å². The quantitative estimate of drug-likeness (QED) is 0.0976. The van der Waals surface area contributed by atoms with E-state index in [0.717, 1.165) is 55.2 Å². The zero-order valence-corrected chi connectivity index (χ0v) is 33.5. The first-order valence-electron chi connectivity index (χ1n) is 17.8. The van der Waals surface area contributed by atoms with Crippen LogP contribution in [0.5, 0.6) is 0 Å². The van der Waals surface area contributed by atoms with Crippen molar-refractivity contribution in [1.29, 1.82) is 5.26 Å². The molecular weight excluding hydrogens is 800 g/mol. The molecule has 5 rings (SSSR count). The minimum absolute atomic E-state index is 0.0254. The summed E-state index contributed by atoms with van der Waals surface area (Å²) in [6, 6.07) is 23.7. The summed E-state index contributed by atoms with van der Waals surface area (Å²) in [5.74, 6) is -5.45. The number of likely N-dealkylation sites (tertiary alicyclic amines) is 1. The Morgan fingerprint density at radius 3 is 2.21 bits per heavy atom. The predicted molar refractivity (Wildman–Crippen MR) is 214 cm³/mol. The topological polar surface area (TPSA) is 203 Å². The van der Waals surface area contributed by atoms with Gasteiger partial charge in [-0.3, -0.25) is 14.4 Å². The third kappa shape index (κ3) is 11.9. The number of aliphatic carboxylic acids is 3. The Morgan fingerprint density at radius 1 is 0.982 bits per heavy atom. The molecule has 1 unspecified atom stereocenters. The van der Waals surface area contributed by atoms with Gasteiger partial charge in [-0.1, -0.05) is 59.6 Å². The van der Waals surface area contributed by atoms with Gasteiger partial charge in [0.15, 0.2) is 10.5 Å². The van der Waals surface area contributed by atoms with Crippen molar-refractivity contribution in [3.63, 3.8) is 0 Å². The number of carbonyl (C=O) groups is 4. The van der Waals surface area contributed by atoms with Gasteiger partial charge in [0.2, 0.25) is 0 Å². The molecule has 302 valence electrons. The molecule has 4 aromatic carbocycles. The van der Waals surface area contributed by atoms with Gasteiger partial charge in [0, 0.05) is 30.6 Å². The lowest BCUT2D eigenvalue weighted by atomic mass is 9.88. The highest BCUT2D eigenvalue weighted by molar-refractivity contribution is 7.90. The van der Waals surface area contributed by atoms with Crippen molar-refractivity contribution in [2.45, 2.75) is 54.4 Å². The minimum atomic E-state index is -2.74. The zero-order chi connectivity index (χ0) is 42.0. The molecule has 4 N–H and O–H groups in total. The second-order valence-corrected chi connectivity index (χ2v) is 16.1. The monoisotopic (exact) mass is 841 g/mol. The van der Waals surface area contributed by atoms with Crippen molar-refractivity contribution in [2.75, 3.05) is 39.5 Å². The molecule has 2 atom stereocenters. The molecule has 0 spiro atoms. The highest BCUT2D eigenvalue weighted by atomic mass is 35.5. The molecule has 1 heterocycles. The van der Waals surface area contributed by atoms with Gasteiger partial charge in [-0.25, -0.2) is 9.18 Å². The number of carboxylic acid groups (broad SMARTS) is 3. The number of rotatable bonds is 14. The average molecular weight is 843 g/mol. The Hall–Kier alpha value is -4.75. The van der Waals surface area contributed by atoms with Crippen molar-refractivity contribution >= 4 is 69.0 Å². The van der Waals surface area contributed by atoms with E-state index in [1.54, 1.807) is 48.5 Å². The summed E-state index contributed by atoms with van der Waals surface area (Å²) < 4.78 is 27.1. The van der Waals surface area contributed by atoms with E-state index in [9.17, 15) is 33.4 Å². The number of fused-ring (bicyclic) bond motifs is 1. The second-order valence-electron chi connectivity index (χ2n) is 13.9. The van der Waals surface area contributed by atoms with E-state index in [2.05, 4.69) is 11.0 Å². The molecule has 1 amide bonds. The maximum absolute atomic E-state index is 14.8. The molecule has 0 saturated carbocycles. The van der Waals surface area contributed by atoms with Gasteiger partial charge < -0.3 is 34.8 Å². The van der Waals surface area contributed by atoms with Crippen LogP contribution in [0, 0.1) is 17.1 Å². The highest BCUT2D eigenvalue weighted by Crippen LogP contribution is 2.35. The SMILES string of the molecule is CN(C[C@@H](CCN1CCC(c2c(F)cccc2[S+](C)[O-])CC1)c1ccc(Cl)c(Cl)c1)C(=O)c1cc(C#N)cc2ccccc12.O=C(O)CC(O)(CC(=O)O)C(=O)O. The van der Waals surface area contributed by atoms with Crippen LogP contribution < -0.4 is 0 Å². The van der Waals surface area contributed by atoms with E-state index in [1.165, 1.54) is 6.07 Å². The summed E-state index contributed by atoms with van der Waals surface area (Å²) >= 11 is 11.4. The van der Waals surface area contributed by atoms with Crippen LogP contribution in [0.2, 0.25) is 10.0 Å². The van der Waals surface area contributed by atoms with Crippen molar-refractivity contribution < 1.29 is 48.5 Å². The Bertz CT molecular complexity index is 2140. The summed E-state index contributed by atoms with van der Waals surface area (Å²) in [6.07, 6.45) is 1.64. The number of likely N-dealkylation sites (N-methyl/N-ethyl adjacent to an activating group) is 1. The van der Waals surface area contributed by atoms with Crippen molar-refractivity contribution in [1.82, 2.24) is 9.80 Å². The number of amides is 1. The Kier molecular flexibility index (Phi) is 15.8. The number of piperidine rings is 1. The Labute approximate surface area is 342 Å². The maximum atomic E-state index is 14.8. The number of halogens is 3. The summed E-state index contributed by atoms with van der Waals surface area (Å²) in [5.41, 5.74) is -0.214. The zero-order valence-electron chi connectivity index (χ0n) is 31.2. The number of aliphatic hydroxyl groups is 1. The van der Waals surface area contributed by atoms with Gasteiger partial charge in [0.25, 0.3) is 5.91 Å². The fourth-order valence-corrected chi connectivity index (χ4v) is 8.11. The molecule has 1 saturated heterocycles. The number of hydrogen-bond acceptors (Lipinski definition) is 8. The molecule has 0 aromatic heterocycles. The smallest absolute Gasteiger partial charge is 0.336 e. The normalized spacial score (nSPS) is 14.5. The van der Waals surface area contributed by atoms with Crippen molar-refractivity contribution in [3.05, 3.63) is 111 Å². The lowest BCUT2D eigenvalue weighted by molar-refractivity contribution is -0.170. The predicted octanol–water partition coefficient (Wildman–Crippen LogP) is 6.77. The summed E-state index contributed by atoms with van der Waals surface area (Å²) in [5, 5.41) is 46.0. The minimum Gasteiger partial charge on any atom is -0.612 e. The van der Waals surface area contributed by atoms with Gasteiger partial charge >= 0.3 is 17.9 Å². The van der Waals surface area contributed by atoms with Crippen LogP contribution in [0.25, 0.3) is 10.8 Å². The standard InChI is InChI=1S/C35H34Cl2FN3O2S.C6H8O7/c1-40(35(42)29-19-23(21-39)18-26-6-3-4-7-28(26)29)22-27(25-10-11-30(36)31(37)20-25)14-17-41-15-12-24(13-16-41)34-32(38)8-5-9-33(34)44(2)43;7-3(8)1-6(13,5(11)12)2-4(9)10/h3-11,18-20,24,27H,12-17,22H2,1-2H3;13H,1-2H2,(H,7,8)(H,9,10)(H,11,12)/t27-,44?;/m1./s1. The number of benzene rings is 4. The Balaban J connectivity index is 0.000000476. The molecule has 4 aromatic rings. The molecule has 16 heteroatoms. The molecule has 0 radical (unpaired) electrons. The highest BCUT2D eigenvalue weighted by Gasteiger charge is 2.41. The third-order valence-corrected chi connectivity index (χ3v) is 11.6. The molecule has 1 fully saturated rings. The van der Waals surface area contributed by atoms with E-state index < -0.39 is 47.5 Å². The average Bonchev–Trinajstić information content (AvgIpc) is 3.16. The lowest BCUT2D eigenvalue weighted by Crippen LogP contribution is -2.42. The maximum Gasteiger partial charge on any atom is 0.336 e. The van der Waals surface area contributed by atoms with E-state index in [-0.39, 0.29) is 23.6 Å². The van der Waals surface area contributed by atoms with Crippen LogP contribution in [0.4, 0.5) is 4.39 Å². The first kappa shape index (κ1) is 45.0. The lowest BCUT2D eigenvalue weighted by Gasteiger charge is -2.34. The van der Waals surface area contributed by atoms with Crippen LogP contribution in [-0.2, 0) is 25.6 Å². The number of carboxylic acids is 3. The van der Waals surface area contributed by atoms with Crippen molar-refractivity contribution in [2.24, 2.45) is 0 Å². The second kappa shape index (κ2) is 20.1. The van der Waals surface area contributed by atoms with E-state index in [1.807, 2.05) is 36.4 Å². The first-order chi connectivity index (χ1) is 26.9. The molecule has 1 aliphatic rings. The van der Waals surface area contributed by atoms with Crippen LogP contribution in [0.1, 0.15) is 71.0 Å². The van der Waals surface area contributed by atoms with Crippen LogP contribution >= 0.6 is 23.2 Å². The van der Waals surface area contributed by atoms with E-state index in [4.69, 9.17) is 43.6 Å². The van der Waals surface area contributed by atoms with Crippen LogP contribution in [-0.4, -0.2) is 104 Å². The molecule has 0 bridgehead atoms. The van der Waals surface area contributed by atoms with Gasteiger partial charge in [-0.2, -0.15) is 5.26 Å². The Morgan fingerprint density at radius 2 is 1.63 bits per heavy atom. The largest absolute Gasteiger partial charge is 0.612 e. The first-order valence-corrected chi connectivity index (χ1v) is 20.1. The molecule has 57 heavy (non-hydrogen) atoms. The van der Waals surface area contributed by atoms with Crippen LogP contribution in [0.15, 0.2) is 77.7 Å². The van der Waals surface area contributed by atoms with Gasteiger partial charge in [0.1, 0.15) is 12.1 Å². The molecular formula is C41H42Cl2FN3O9S. The van der Waals surface area contributed by atoms with Crippen molar-refractivity contribution in [3.8, 4) is 6.07 Å². The fraction of sp³-hybridized carbons (Fsp3) is 0.341. The summed E-state index contributed by atoms with van der Waals surface area (Å²) in [4.78, 5) is 49.0. The summed E-state index contributed by atoms with van der Waals surface area (Å²) in [7, 11) is 1.79.